The Morgan fingerprint density at radius 3 is 2.41 bits per heavy atom. The number of methoxy groups -OCH3 is 1. The monoisotopic (exact) mass is 372 g/mol. The van der Waals surface area contributed by atoms with E-state index in [0.717, 1.165) is 31.7 Å². The van der Waals surface area contributed by atoms with Gasteiger partial charge in [-0.3, -0.25) is 9.69 Å². The highest BCUT2D eigenvalue weighted by molar-refractivity contribution is 5.70. The number of carbonyl (C=O) groups is 1. The average Bonchev–Trinajstić information content (AvgIpc) is 2.68. The number of para-hydroxylation sites is 1. The molecule has 1 unspecified atom stereocenters. The van der Waals surface area contributed by atoms with E-state index in [1.807, 2.05) is 24.3 Å². The Balaban J connectivity index is 1.68. The molecule has 1 fully saturated rings. The summed E-state index contributed by atoms with van der Waals surface area (Å²) in [7, 11) is 1.56. The largest absolute Gasteiger partial charge is 0.493 e. The van der Waals surface area contributed by atoms with Crippen molar-refractivity contribution in [2.24, 2.45) is 0 Å². The summed E-state index contributed by atoms with van der Waals surface area (Å²) in [6.07, 6.45) is 0. The maximum Gasteiger partial charge on any atom is 0.308 e. The zero-order valence-corrected chi connectivity index (χ0v) is 15.9. The van der Waals surface area contributed by atoms with Crippen LogP contribution >= 0.6 is 0 Å². The highest BCUT2D eigenvalue weighted by Gasteiger charge is 2.24. The zero-order chi connectivity index (χ0) is 19.4. The predicted octanol–water partition coefficient (Wildman–Crippen LogP) is 3.64. The van der Waals surface area contributed by atoms with Crippen LogP contribution < -0.4 is 14.4 Å². The van der Waals surface area contributed by atoms with Crippen LogP contribution in [0.15, 0.2) is 42.5 Å². The molecule has 0 radical (unpaired) electrons. The number of nitrogens with zero attached hydrogens (tertiary/aromatic N) is 2. The molecule has 2 aromatic carbocycles. The van der Waals surface area contributed by atoms with Crippen LogP contribution in [0.3, 0.4) is 0 Å². The van der Waals surface area contributed by atoms with Crippen molar-refractivity contribution in [3.8, 4) is 11.5 Å². The number of ether oxygens (including phenoxy) is 2. The first-order chi connectivity index (χ1) is 13.0. The van der Waals surface area contributed by atoms with Gasteiger partial charge >= 0.3 is 5.97 Å². The van der Waals surface area contributed by atoms with Gasteiger partial charge < -0.3 is 14.4 Å². The van der Waals surface area contributed by atoms with Crippen molar-refractivity contribution in [1.82, 2.24) is 4.90 Å². The lowest BCUT2D eigenvalue weighted by molar-refractivity contribution is -0.132. The summed E-state index contributed by atoms with van der Waals surface area (Å²) in [5.41, 5.74) is 1.75. The molecule has 2 aromatic rings. The molecule has 6 heteroatoms. The topological polar surface area (TPSA) is 42.0 Å². The third kappa shape index (κ3) is 4.39. The standard InChI is InChI=1S/C21H25FN2O3/c1-15(17-8-9-20(27-16(2)25)21(14-17)26-3)23-10-12-24(13-11-23)19-7-5-4-6-18(19)22/h4-9,14-15H,10-13H2,1-3H3. The molecule has 1 heterocycles. The smallest absolute Gasteiger partial charge is 0.308 e. The number of carbonyl (C=O) groups excluding carboxylic acids is 1. The predicted molar refractivity (Wildman–Crippen MR) is 103 cm³/mol. The maximum atomic E-state index is 14.0. The van der Waals surface area contributed by atoms with Crippen LogP contribution in [-0.2, 0) is 4.79 Å². The van der Waals surface area contributed by atoms with Gasteiger partial charge in [-0.2, -0.15) is 0 Å². The number of halogens is 1. The van der Waals surface area contributed by atoms with Gasteiger partial charge in [-0.1, -0.05) is 18.2 Å². The fraction of sp³-hybridized carbons (Fsp3) is 0.381. The van der Waals surface area contributed by atoms with Gasteiger partial charge in [-0.15, -0.1) is 0 Å². The molecule has 0 spiro atoms. The molecule has 0 bridgehead atoms. The Morgan fingerprint density at radius 1 is 1.07 bits per heavy atom. The molecule has 27 heavy (non-hydrogen) atoms. The van der Waals surface area contributed by atoms with Gasteiger partial charge in [0.25, 0.3) is 0 Å². The van der Waals surface area contributed by atoms with Gasteiger partial charge in [-0.05, 0) is 36.8 Å². The van der Waals surface area contributed by atoms with E-state index < -0.39 is 0 Å². The second-order valence-electron chi connectivity index (χ2n) is 6.65. The second-order valence-corrected chi connectivity index (χ2v) is 6.65. The van der Waals surface area contributed by atoms with Crippen molar-refractivity contribution >= 4 is 11.7 Å². The molecule has 1 atom stereocenters. The van der Waals surface area contributed by atoms with Gasteiger partial charge in [0.15, 0.2) is 11.5 Å². The number of anilines is 1. The third-order valence-corrected chi connectivity index (χ3v) is 4.98. The van der Waals surface area contributed by atoms with Gasteiger partial charge in [-0.25, -0.2) is 4.39 Å². The van der Waals surface area contributed by atoms with Gasteiger partial charge in [0.1, 0.15) is 5.82 Å². The number of hydrogen-bond donors (Lipinski definition) is 0. The molecular weight excluding hydrogens is 347 g/mol. The minimum atomic E-state index is -0.377. The molecule has 1 saturated heterocycles. The average molecular weight is 372 g/mol. The van der Waals surface area contributed by atoms with Gasteiger partial charge in [0.05, 0.1) is 12.8 Å². The van der Waals surface area contributed by atoms with Crippen molar-refractivity contribution in [2.75, 3.05) is 38.2 Å². The summed E-state index contributed by atoms with van der Waals surface area (Å²) < 4.78 is 24.5. The first-order valence-electron chi connectivity index (χ1n) is 9.09. The molecule has 0 amide bonds. The van der Waals surface area contributed by atoms with E-state index in [1.165, 1.54) is 13.0 Å². The molecule has 0 aromatic heterocycles. The van der Waals surface area contributed by atoms with Crippen molar-refractivity contribution in [2.45, 2.75) is 19.9 Å². The molecule has 5 nitrogen and oxygen atoms in total. The highest BCUT2D eigenvalue weighted by atomic mass is 19.1. The minimum absolute atomic E-state index is 0.174. The zero-order valence-electron chi connectivity index (χ0n) is 15.9. The van der Waals surface area contributed by atoms with E-state index >= 15 is 0 Å². The lowest BCUT2D eigenvalue weighted by atomic mass is 10.0. The summed E-state index contributed by atoms with van der Waals surface area (Å²) >= 11 is 0. The molecule has 0 N–H and O–H groups in total. The Kier molecular flexibility index (Phi) is 5.96. The fourth-order valence-corrected chi connectivity index (χ4v) is 3.45. The van der Waals surface area contributed by atoms with Crippen LogP contribution in [0.4, 0.5) is 10.1 Å². The Bertz CT molecular complexity index is 804. The van der Waals surface area contributed by atoms with Crippen LogP contribution in [0.1, 0.15) is 25.5 Å². The van der Waals surface area contributed by atoms with Crippen molar-refractivity contribution in [3.63, 3.8) is 0 Å². The quantitative estimate of drug-likeness (QED) is 0.592. The van der Waals surface area contributed by atoms with E-state index in [4.69, 9.17) is 9.47 Å². The van der Waals surface area contributed by atoms with Crippen LogP contribution in [0.2, 0.25) is 0 Å². The first kappa shape index (κ1) is 19.2. The van der Waals surface area contributed by atoms with E-state index in [2.05, 4.69) is 16.7 Å². The third-order valence-electron chi connectivity index (χ3n) is 4.98. The fourth-order valence-electron chi connectivity index (χ4n) is 3.45. The molecular formula is C21H25FN2O3. The van der Waals surface area contributed by atoms with Crippen molar-refractivity contribution in [1.29, 1.82) is 0 Å². The summed E-state index contributed by atoms with van der Waals surface area (Å²) in [5.74, 6) is 0.410. The number of piperazine rings is 1. The van der Waals surface area contributed by atoms with E-state index in [0.29, 0.717) is 17.2 Å². The summed E-state index contributed by atoms with van der Waals surface area (Å²) in [5, 5.41) is 0. The molecule has 1 aliphatic heterocycles. The Hall–Kier alpha value is -2.60. The van der Waals surface area contributed by atoms with E-state index in [9.17, 15) is 9.18 Å². The highest BCUT2D eigenvalue weighted by Crippen LogP contribution is 2.33. The molecule has 0 saturated carbocycles. The maximum absolute atomic E-state index is 14.0. The van der Waals surface area contributed by atoms with Crippen LogP contribution in [0.5, 0.6) is 11.5 Å². The van der Waals surface area contributed by atoms with Crippen LogP contribution in [0, 0.1) is 5.82 Å². The lowest BCUT2D eigenvalue weighted by Gasteiger charge is -2.39. The Labute approximate surface area is 159 Å². The van der Waals surface area contributed by atoms with Gasteiger partial charge in [0.2, 0.25) is 0 Å². The van der Waals surface area contributed by atoms with E-state index in [1.54, 1.807) is 19.2 Å². The lowest BCUT2D eigenvalue weighted by Crippen LogP contribution is -2.47. The van der Waals surface area contributed by atoms with Crippen LogP contribution in [-0.4, -0.2) is 44.2 Å². The van der Waals surface area contributed by atoms with Crippen molar-refractivity contribution in [3.05, 3.63) is 53.8 Å². The van der Waals surface area contributed by atoms with Crippen molar-refractivity contribution < 1.29 is 18.7 Å². The Morgan fingerprint density at radius 2 is 1.78 bits per heavy atom. The SMILES string of the molecule is COc1cc(C(C)N2CCN(c3ccccc3F)CC2)ccc1OC(C)=O. The molecule has 3 rings (SSSR count). The van der Waals surface area contributed by atoms with E-state index in [-0.39, 0.29) is 17.8 Å². The molecule has 1 aliphatic rings. The number of hydrogen-bond acceptors (Lipinski definition) is 5. The van der Waals surface area contributed by atoms with Crippen LogP contribution in [0.25, 0.3) is 0 Å². The second kappa shape index (κ2) is 8.39. The molecule has 0 aliphatic carbocycles. The molecule has 144 valence electrons. The minimum Gasteiger partial charge on any atom is -0.493 e. The number of benzene rings is 2. The number of rotatable bonds is 5. The number of esters is 1. The van der Waals surface area contributed by atoms with Gasteiger partial charge in [0, 0.05) is 39.1 Å². The first-order valence-corrected chi connectivity index (χ1v) is 9.09. The summed E-state index contributed by atoms with van der Waals surface area (Å²) in [4.78, 5) is 15.6. The normalized spacial score (nSPS) is 16.1. The summed E-state index contributed by atoms with van der Waals surface area (Å²) in [6.45, 7) is 6.72. The summed E-state index contributed by atoms with van der Waals surface area (Å²) in [6, 6.07) is 12.7.